The molecule has 13 heavy (non-hydrogen) atoms. The molecule has 1 aliphatic heterocycles. The average Bonchev–Trinajstić information content (AvgIpc) is 2.21. The summed E-state index contributed by atoms with van der Waals surface area (Å²) in [5.74, 6) is 0. The number of hydrogen-bond acceptors (Lipinski definition) is 1. The van der Waals surface area contributed by atoms with Crippen LogP contribution >= 0.6 is 0 Å². The minimum Gasteiger partial charge on any atom is -0.317 e. The van der Waals surface area contributed by atoms with Crippen LogP contribution in [0.15, 0.2) is 0 Å². The van der Waals surface area contributed by atoms with E-state index in [2.05, 4.69) is 5.32 Å². The minimum absolute atomic E-state index is 0.435. The fourth-order valence-electron chi connectivity index (χ4n) is 1.16. The quantitative estimate of drug-likeness (QED) is 0.616. The van der Waals surface area contributed by atoms with E-state index in [0.717, 1.165) is 19.3 Å². The Hall–Kier alpha value is -0.110. The van der Waals surface area contributed by atoms with Crippen LogP contribution in [0.25, 0.3) is 0 Å². The van der Waals surface area contributed by atoms with Crippen molar-refractivity contribution in [2.24, 2.45) is 0 Å². The standard InChI is InChI=1S/C5H11N.C4H7F.C2H6/c1-2-4-6-5-3-1;5-4-2-1-3-4;1-2/h6H,1-5H2;4H,1-3H2;1-2H3. The van der Waals surface area contributed by atoms with Gasteiger partial charge in [0.05, 0.1) is 0 Å². The van der Waals surface area contributed by atoms with Gasteiger partial charge in [-0.2, -0.15) is 0 Å². The molecule has 1 saturated heterocycles. The van der Waals surface area contributed by atoms with Gasteiger partial charge < -0.3 is 5.32 Å². The fourth-order valence-corrected chi connectivity index (χ4v) is 1.16. The first-order chi connectivity index (χ1) is 6.39. The molecule has 1 saturated carbocycles. The normalized spacial score (nSPS) is 21.5. The Labute approximate surface area is 82.1 Å². The van der Waals surface area contributed by atoms with E-state index in [1.807, 2.05) is 13.8 Å². The Morgan fingerprint density at radius 1 is 0.923 bits per heavy atom. The Morgan fingerprint density at radius 3 is 1.46 bits per heavy atom. The topological polar surface area (TPSA) is 12.0 Å². The molecule has 0 aromatic carbocycles. The highest BCUT2D eigenvalue weighted by atomic mass is 19.1. The molecule has 0 bridgehead atoms. The number of hydrogen-bond donors (Lipinski definition) is 1. The molecule has 2 aliphatic rings. The first-order valence-electron chi connectivity index (χ1n) is 5.74. The highest BCUT2D eigenvalue weighted by molar-refractivity contribution is 4.65. The molecule has 1 heterocycles. The second kappa shape index (κ2) is 9.97. The lowest BCUT2D eigenvalue weighted by Crippen LogP contribution is -2.21. The van der Waals surface area contributed by atoms with E-state index >= 15 is 0 Å². The smallest absolute Gasteiger partial charge is 0.100 e. The zero-order valence-corrected chi connectivity index (χ0v) is 9.11. The van der Waals surface area contributed by atoms with Crippen LogP contribution in [0.4, 0.5) is 4.39 Å². The Balaban J connectivity index is 0.000000189. The molecule has 0 aromatic rings. The molecule has 0 amide bonds. The van der Waals surface area contributed by atoms with Gasteiger partial charge in [0, 0.05) is 0 Å². The molecular weight excluding hydrogens is 165 g/mol. The lowest BCUT2D eigenvalue weighted by Gasteiger charge is -2.14. The zero-order valence-electron chi connectivity index (χ0n) is 9.11. The molecule has 1 N–H and O–H groups in total. The molecule has 1 aliphatic carbocycles. The van der Waals surface area contributed by atoms with E-state index in [-0.39, 0.29) is 0 Å². The maximum absolute atomic E-state index is 11.5. The Bertz CT molecular complexity index is 76.6. The lowest BCUT2D eigenvalue weighted by molar-refractivity contribution is 0.211. The van der Waals surface area contributed by atoms with Crippen LogP contribution < -0.4 is 5.32 Å². The van der Waals surface area contributed by atoms with E-state index in [1.165, 1.54) is 32.4 Å². The van der Waals surface area contributed by atoms with E-state index in [0.29, 0.717) is 0 Å². The average molecular weight is 189 g/mol. The molecule has 80 valence electrons. The summed E-state index contributed by atoms with van der Waals surface area (Å²) in [5.41, 5.74) is 0. The van der Waals surface area contributed by atoms with Crippen molar-refractivity contribution in [2.45, 2.75) is 58.5 Å². The molecule has 0 aromatic heterocycles. The van der Waals surface area contributed by atoms with Crippen molar-refractivity contribution < 1.29 is 4.39 Å². The zero-order chi connectivity index (χ0) is 9.94. The lowest BCUT2D eigenvalue weighted by atomic mass is 9.98. The molecule has 0 radical (unpaired) electrons. The summed E-state index contributed by atoms with van der Waals surface area (Å²) < 4.78 is 11.5. The second-order valence-corrected chi connectivity index (χ2v) is 3.34. The van der Waals surface area contributed by atoms with Crippen LogP contribution in [-0.4, -0.2) is 19.3 Å². The SMILES string of the molecule is C1CCNCC1.CC.FC1CCC1. The van der Waals surface area contributed by atoms with Crippen molar-refractivity contribution >= 4 is 0 Å². The molecule has 1 nitrogen and oxygen atoms in total. The fraction of sp³-hybridized carbons (Fsp3) is 1.00. The van der Waals surface area contributed by atoms with Gasteiger partial charge in [-0.1, -0.05) is 20.3 Å². The third-order valence-corrected chi connectivity index (χ3v) is 2.24. The number of piperidine rings is 1. The summed E-state index contributed by atoms with van der Waals surface area (Å²) in [6, 6.07) is 0. The van der Waals surface area contributed by atoms with Gasteiger partial charge in [-0.15, -0.1) is 0 Å². The summed E-state index contributed by atoms with van der Waals surface area (Å²) in [4.78, 5) is 0. The van der Waals surface area contributed by atoms with Crippen molar-refractivity contribution in [1.29, 1.82) is 0 Å². The summed E-state index contributed by atoms with van der Waals surface area (Å²) >= 11 is 0. The maximum Gasteiger partial charge on any atom is 0.100 e. The van der Waals surface area contributed by atoms with E-state index in [9.17, 15) is 4.39 Å². The van der Waals surface area contributed by atoms with E-state index in [4.69, 9.17) is 0 Å². The largest absolute Gasteiger partial charge is 0.317 e. The molecule has 2 fully saturated rings. The van der Waals surface area contributed by atoms with Gasteiger partial charge in [0.1, 0.15) is 6.17 Å². The minimum atomic E-state index is -0.435. The maximum atomic E-state index is 11.5. The third kappa shape index (κ3) is 8.23. The van der Waals surface area contributed by atoms with Crippen LogP contribution in [0, 0.1) is 0 Å². The van der Waals surface area contributed by atoms with Crippen molar-refractivity contribution in [3.8, 4) is 0 Å². The van der Waals surface area contributed by atoms with Crippen LogP contribution in [0.1, 0.15) is 52.4 Å². The highest BCUT2D eigenvalue weighted by Gasteiger charge is 2.14. The van der Waals surface area contributed by atoms with Gasteiger partial charge >= 0.3 is 0 Å². The summed E-state index contributed by atoms with van der Waals surface area (Å²) in [6.45, 7) is 6.50. The van der Waals surface area contributed by atoms with Crippen molar-refractivity contribution in [3.05, 3.63) is 0 Å². The monoisotopic (exact) mass is 189 g/mol. The molecule has 0 atom stereocenters. The van der Waals surface area contributed by atoms with Gasteiger partial charge in [0.2, 0.25) is 0 Å². The van der Waals surface area contributed by atoms with E-state index < -0.39 is 6.17 Å². The van der Waals surface area contributed by atoms with Crippen molar-refractivity contribution in [3.63, 3.8) is 0 Å². The first kappa shape index (κ1) is 12.9. The second-order valence-electron chi connectivity index (χ2n) is 3.34. The van der Waals surface area contributed by atoms with Crippen molar-refractivity contribution in [1.82, 2.24) is 5.32 Å². The highest BCUT2D eigenvalue weighted by Crippen LogP contribution is 2.20. The van der Waals surface area contributed by atoms with Gasteiger partial charge in [0.15, 0.2) is 0 Å². The van der Waals surface area contributed by atoms with E-state index in [1.54, 1.807) is 0 Å². The van der Waals surface area contributed by atoms with Crippen molar-refractivity contribution in [2.75, 3.05) is 13.1 Å². The van der Waals surface area contributed by atoms with Crippen LogP contribution in [-0.2, 0) is 0 Å². The number of halogens is 1. The molecular formula is C11H24FN. The molecule has 2 heteroatoms. The summed E-state index contributed by atoms with van der Waals surface area (Å²) in [7, 11) is 0. The van der Waals surface area contributed by atoms with Gasteiger partial charge in [-0.25, -0.2) is 4.39 Å². The predicted octanol–water partition coefficient (Wildman–Crippen LogP) is 3.29. The Kier molecular flexibility index (Phi) is 9.89. The number of rotatable bonds is 0. The predicted molar refractivity (Wildman–Crippen MR) is 56.8 cm³/mol. The van der Waals surface area contributed by atoms with Gasteiger partial charge in [-0.3, -0.25) is 0 Å². The summed E-state index contributed by atoms with van der Waals surface area (Å²) in [5, 5.41) is 3.28. The van der Waals surface area contributed by atoms with Crippen LogP contribution in [0.3, 0.4) is 0 Å². The molecule has 2 rings (SSSR count). The van der Waals surface area contributed by atoms with Crippen LogP contribution in [0.5, 0.6) is 0 Å². The van der Waals surface area contributed by atoms with Gasteiger partial charge in [-0.05, 0) is 45.2 Å². The molecule has 0 spiro atoms. The number of alkyl halides is 1. The summed E-state index contributed by atoms with van der Waals surface area (Å²) in [6.07, 6.45) is 6.53. The molecule has 0 unspecified atom stereocenters. The third-order valence-electron chi connectivity index (χ3n) is 2.24. The Morgan fingerprint density at radius 2 is 1.38 bits per heavy atom. The number of nitrogens with one attached hydrogen (secondary N) is 1. The van der Waals surface area contributed by atoms with Crippen LogP contribution in [0.2, 0.25) is 0 Å². The van der Waals surface area contributed by atoms with Gasteiger partial charge in [0.25, 0.3) is 0 Å². The first-order valence-corrected chi connectivity index (χ1v) is 5.74.